The van der Waals surface area contributed by atoms with E-state index in [2.05, 4.69) is 24.9 Å². The number of aromatic nitrogens is 1. The fourth-order valence-corrected chi connectivity index (χ4v) is 3.35. The molecule has 2 N–H and O–H groups in total. The van der Waals surface area contributed by atoms with Crippen LogP contribution in [0.3, 0.4) is 0 Å². The molecular weight excluding hydrogens is 304 g/mol. The first-order valence-corrected chi connectivity index (χ1v) is 8.09. The van der Waals surface area contributed by atoms with E-state index in [1.54, 1.807) is 6.20 Å². The van der Waals surface area contributed by atoms with Gasteiger partial charge in [-0.3, -0.25) is 0 Å². The van der Waals surface area contributed by atoms with Gasteiger partial charge in [-0.25, -0.2) is 9.78 Å². The van der Waals surface area contributed by atoms with Crippen molar-refractivity contribution in [3.8, 4) is 17.0 Å². The van der Waals surface area contributed by atoms with Crippen LogP contribution in [-0.4, -0.2) is 17.7 Å². The predicted octanol–water partition coefficient (Wildman–Crippen LogP) is 3.87. The third-order valence-electron chi connectivity index (χ3n) is 4.38. The number of ether oxygens (including phenoxy) is 2. The number of pyridine rings is 1. The minimum Gasteiger partial charge on any atom is -0.478 e. The number of nitrogens with two attached hydrogens (primary N) is 1. The molecule has 1 heterocycles. The van der Waals surface area contributed by atoms with Crippen molar-refractivity contribution in [2.24, 2.45) is 11.1 Å². The Labute approximate surface area is 141 Å². The van der Waals surface area contributed by atoms with Gasteiger partial charge in [0.05, 0.1) is 6.61 Å². The zero-order valence-corrected chi connectivity index (χ0v) is 14.2. The SMILES string of the molecule is CCOc1cc(-c2ccc3c(c2)CC(C)(C)C3OC(N)=O)ccn1. The number of hydrogen-bond donors (Lipinski definition) is 1. The predicted molar refractivity (Wildman–Crippen MR) is 91.7 cm³/mol. The molecule has 5 nitrogen and oxygen atoms in total. The number of carbonyl (C=O) groups is 1. The fourth-order valence-electron chi connectivity index (χ4n) is 3.35. The average Bonchev–Trinajstić information content (AvgIpc) is 2.77. The number of fused-ring (bicyclic) bond motifs is 1. The minimum absolute atomic E-state index is 0.176. The van der Waals surface area contributed by atoms with Crippen LogP contribution in [0.15, 0.2) is 36.5 Å². The molecule has 1 unspecified atom stereocenters. The Kier molecular flexibility index (Phi) is 4.18. The van der Waals surface area contributed by atoms with Gasteiger partial charge < -0.3 is 15.2 Å². The van der Waals surface area contributed by atoms with Crippen LogP contribution in [0.25, 0.3) is 11.1 Å². The lowest BCUT2D eigenvalue weighted by atomic mass is 9.87. The first-order chi connectivity index (χ1) is 11.4. The minimum atomic E-state index is -0.736. The number of benzene rings is 1. The van der Waals surface area contributed by atoms with Gasteiger partial charge in [0.2, 0.25) is 5.88 Å². The summed E-state index contributed by atoms with van der Waals surface area (Å²) in [6.07, 6.45) is 1.53. The molecule has 1 aliphatic rings. The summed E-state index contributed by atoms with van der Waals surface area (Å²) >= 11 is 0. The monoisotopic (exact) mass is 326 g/mol. The lowest BCUT2D eigenvalue weighted by molar-refractivity contribution is 0.0392. The van der Waals surface area contributed by atoms with E-state index in [9.17, 15) is 4.79 Å². The molecule has 1 aromatic heterocycles. The molecule has 0 fully saturated rings. The van der Waals surface area contributed by atoms with Crippen molar-refractivity contribution in [3.63, 3.8) is 0 Å². The smallest absolute Gasteiger partial charge is 0.405 e. The van der Waals surface area contributed by atoms with Crippen LogP contribution >= 0.6 is 0 Å². The molecular formula is C19H22N2O3. The molecule has 0 saturated heterocycles. The van der Waals surface area contributed by atoms with Crippen molar-refractivity contribution in [2.45, 2.75) is 33.3 Å². The summed E-state index contributed by atoms with van der Waals surface area (Å²) in [4.78, 5) is 15.4. The summed E-state index contributed by atoms with van der Waals surface area (Å²) < 4.78 is 10.8. The second-order valence-electron chi connectivity index (χ2n) is 6.71. The van der Waals surface area contributed by atoms with Crippen LogP contribution in [-0.2, 0) is 11.2 Å². The molecule has 1 atom stereocenters. The maximum absolute atomic E-state index is 11.2. The Hall–Kier alpha value is -2.56. The molecule has 0 bridgehead atoms. The summed E-state index contributed by atoms with van der Waals surface area (Å²) in [6.45, 7) is 6.69. The molecule has 0 aliphatic heterocycles. The van der Waals surface area contributed by atoms with Crippen LogP contribution < -0.4 is 10.5 Å². The van der Waals surface area contributed by atoms with Crippen molar-refractivity contribution in [1.82, 2.24) is 4.98 Å². The first-order valence-electron chi connectivity index (χ1n) is 8.09. The van der Waals surface area contributed by atoms with Gasteiger partial charge in [0.15, 0.2) is 0 Å². The summed E-state index contributed by atoms with van der Waals surface area (Å²) in [5, 5.41) is 0. The van der Waals surface area contributed by atoms with Gasteiger partial charge in [0.1, 0.15) is 6.10 Å². The first kappa shape index (κ1) is 16.3. The van der Waals surface area contributed by atoms with E-state index < -0.39 is 6.09 Å². The Bertz CT molecular complexity index is 771. The lowest BCUT2D eigenvalue weighted by Gasteiger charge is -2.26. The van der Waals surface area contributed by atoms with Crippen molar-refractivity contribution >= 4 is 6.09 Å². The molecule has 24 heavy (non-hydrogen) atoms. The zero-order valence-electron chi connectivity index (χ0n) is 14.2. The number of primary amides is 1. The van der Waals surface area contributed by atoms with Gasteiger partial charge in [-0.05, 0) is 41.7 Å². The Balaban J connectivity index is 1.96. The van der Waals surface area contributed by atoms with Crippen LogP contribution in [0.5, 0.6) is 5.88 Å². The third-order valence-corrected chi connectivity index (χ3v) is 4.38. The van der Waals surface area contributed by atoms with Crippen LogP contribution in [0.2, 0.25) is 0 Å². The summed E-state index contributed by atoms with van der Waals surface area (Å²) in [6, 6.07) is 10.1. The Morgan fingerprint density at radius 2 is 2.04 bits per heavy atom. The molecule has 126 valence electrons. The Morgan fingerprint density at radius 1 is 1.29 bits per heavy atom. The normalized spacial score (nSPS) is 18.0. The molecule has 5 heteroatoms. The highest BCUT2D eigenvalue weighted by Crippen LogP contribution is 2.48. The van der Waals surface area contributed by atoms with Crippen molar-refractivity contribution < 1.29 is 14.3 Å². The highest BCUT2D eigenvalue weighted by Gasteiger charge is 2.41. The lowest BCUT2D eigenvalue weighted by Crippen LogP contribution is -2.25. The molecule has 1 amide bonds. The summed E-state index contributed by atoms with van der Waals surface area (Å²) in [5.41, 5.74) is 9.41. The molecule has 0 spiro atoms. The largest absolute Gasteiger partial charge is 0.478 e. The van der Waals surface area contributed by atoms with E-state index in [1.807, 2.05) is 31.2 Å². The summed E-state index contributed by atoms with van der Waals surface area (Å²) in [5.74, 6) is 0.616. The molecule has 2 aromatic rings. The molecule has 1 aromatic carbocycles. The van der Waals surface area contributed by atoms with E-state index in [1.165, 1.54) is 5.56 Å². The van der Waals surface area contributed by atoms with Crippen molar-refractivity contribution in [3.05, 3.63) is 47.7 Å². The standard InChI is InChI=1S/C19H22N2O3/c1-4-23-16-10-13(7-8-21-16)12-5-6-15-14(9-12)11-19(2,3)17(15)24-18(20)22/h5-10,17H,4,11H2,1-3H3,(H2,20,22). The zero-order chi connectivity index (χ0) is 17.3. The number of nitrogens with zero attached hydrogens (tertiary/aromatic N) is 1. The second-order valence-corrected chi connectivity index (χ2v) is 6.71. The third kappa shape index (κ3) is 3.07. The quantitative estimate of drug-likeness (QED) is 0.925. The van der Waals surface area contributed by atoms with Gasteiger partial charge in [0, 0.05) is 17.7 Å². The van der Waals surface area contributed by atoms with Crippen molar-refractivity contribution in [2.75, 3.05) is 6.61 Å². The second kappa shape index (κ2) is 6.15. The number of carbonyl (C=O) groups excluding carboxylic acids is 1. The molecule has 1 aliphatic carbocycles. The van der Waals surface area contributed by atoms with Gasteiger partial charge in [-0.1, -0.05) is 32.0 Å². The Morgan fingerprint density at radius 3 is 2.75 bits per heavy atom. The molecule has 0 saturated carbocycles. The van der Waals surface area contributed by atoms with E-state index in [0.29, 0.717) is 12.5 Å². The summed E-state index contributed by atoms with van der Waals surface area (Å²) in [7, 11) is 0. The van der Waals surface area contributed by atoms with Crippen LogP contribution in [0.4, 0.5) is 4.79 Å². The number of amides is 1. The van der Waals surface area contributed by atoms with Gasteiger partial charge in [-0.2, -0.15) is 0 Å². The highest BCUT2D eigenvalue weighted by atomic mass is 16.6. The van der Waals surface area contributed by atoms with E-state index in [0.717, 1.165) is 23.1 Å². The van der Waals surface area contributed by atoms with Crippen LogP contribution in [0, 0.1) is 5.41 Å². The number of rotatable bonds is 4. The van der Waals surface area contributed by atoms with E-state index in [4.69, 9.17) is 15.2 Å². The van der Waals surface area contributed by atoms with E-state index in [-0.39, 0.29) is 11.5 Å². The van der Waals surface area contributed by atoms with Gasteiger partial charge >= 0.3 is 6.09 Å². The molecule has 0 radical (unpaired) electrons. The average molecular weight is 326 g/mol. The highest BCUT2D eigenvalue weighted by molar-refractivity contribution is 5.68. The topological polar surface area (TPSA) is 74.4 Å². The van der Waals surface area contributed by atoms with Gasteiger partial charge in [0.25, 0.3) is 0 Å². The van der Waals surface area contributed by atoms with Crippen molar-refractivity contribution in [1.29, 1.82) is 0 Å². The molecule has 3 rings (SSSR count). The van der Waals surface area contributed by atoms with E-state index >= 15 is 0 Å². The number of hydrogen-bond acceptors (Lipinski definition) is 4. The fraction of sp³-hybridized carbons (Fsp3) is 0.368. The maximum atomic E-state index is 11.2. The maximum Gasteiger partial charge on any atom is 0.405 e. The van der Waals surface area contributed by atoms with Crippen LogP contribution in [0.1, 0.15) is 38.0 Å². The van der Waals surface area contributed by atoms with Gasteiger partial charge in [-0.15, -0.1) is 0 Å².